The first-order valence-corrected chi connectivity index (χ1v) is 4.66. The fourth-order valence-electron chi connectivity index (χ4n) is 0.621. The third-order valence-electron chi connectivity index (χ3n) is 1.17. The number of rotatable bonds is 5. The number of hydrogen-bond acceptors (Lipinski definition) is 2. The molecule has 0 saturated carbocycles. The molecule has 2 nitrogen and oxygen atoms in total. The largest absolute Gasteiger partial charge is 0.481 e. The third kappa shape index (κ3) is 7.46. The molecule has 1 unspecified atom stereocenters. The standard InChI is InChI=1S/C8H14O2S/c1-3-4-5-11-7(2)6-8(9)10/h3-4,7H,5-6H2,1-2H3,(H,9,10). The fourth-order valence-corrected chi connectivity index (χ4v) is 1.51. The van der Waals surface area contributed by atoms with Crippen LogP contribution >= 0.6 is 11.8 Å². The summed E-state index contributed by atoms with van der Waals surface area (Å²) in [6, 6.07) is 0. The lowest BCUT2D eigenvalue weighted by Crippen LogP contribution is -2.05. The van der Waals surface area contributed by atoms with Crippen LogP contribution in [0, 0.1) is 0 Å². The van der Waals surface area contributed by atoms with Crippen molar-refractivity contribution in [3.05, 3.63) is 12.2 Å². The highest BCUT2D eigenvalue weighted by Gasteiger charge is 2.05. The Morgan fingerprint density at radius 2 is 2.36 bits per heavy atom. The Labute approximate surface area is 71.7 Å². The molecule has 0 aromatic heterocycles. The molecule has 0 aromatic rings. The molecule has 0 heterocycles. The van der Waals surface area contributed by atoms with E-state index in [4.69, 9.17) is 5.11 Å². The molecule has 0 aliphatic carbocycles. The van der Waals surface area contributed by atoms with Gasteiger partial charge < -0.3 is 5.11 Å². The number of allylic oxidation sites excluding steroid dienone is 1. The van der Waals surface area contributed by atoms with Crippen molar-refractivity contribution in [1.82, 2.24) is 0 Å². The molecule has 1 atom stereocenters. The van der Waals surface area contributed by atoms with Gasteiger partial charge in [-0.15, -0.1) is 0 Å². The maximum atomic E-state index is 10.2. The van der Waals surface area contributed by atoms with Crippen molar-refractivity contribution >= 4 is 17.7 Å². The molecular weight excluding hydrogens is 160 g/mol. The van der Waals surface area contributed by atoms with Crippen LogP contribution in [0.3, 0.4) is 0 Å². The summed E-state index contributed by atoms with van der Waals surface area (Å²) in [4.78, 5) is 10.2. The lowest BCUT2D eigenvalue weighted by Gasteiger charge is -2.04. The minimum Gasteiger partial charge on any atom is -0.481 e. The Balaban J connectivity index is 3.36. The summed E-state index contributed by atoms with van der Waals surface area (Å²) in [5.74, 6) is 0.191. The normalized spacial score (nSPS) is 13.6. The van der Waals surface area contributed by atoms with Crippen molar-refractivity contribution in [2.45, 2.75) is 25.5 Å². The van der Waals surface area contributed by atoms with Crippen LogP contribution in [0.4, 0.5) is 0 Å². The fraction of sp³-hybridized carbons (Fsp3) is 0.625. The second-order valence-corrected chi connectivity index (χ2v) is 3.78. The van der Waals surface area contributed by atoms with Gasteiger partial charge in [-0.25, -0.2) is 0 Å². The molecule has 1 N–H and O–H groups in total. The van der Waals surface area contributed by atoms with Crippen LogP contribution in [-0.2, 0) is 4.79 Å². The molecule has 64 valence electrons. The maximum Gasteiger partial charge on any atom is 0.304 e. The number of carboxylic acids is 1. The van der Waals surface area contributed by atoms with Crippen molar-refractivity contribution in [3.8, 4) is 0 Å². The summed E-state index contributed by atoms with van der Waals surface area (Å²) >= 11 is 1.66. The van der Waals surface area contributed by atoms with E-state index in [1.807, 2.05) is 26.0 Å². The molecule has 0 aliphatic heterocycles. The SMILES string of the molecule is CC=CCSC(C)CC(=O)O. The van der Waals surface area contributed by atoms with Gasteiger partial charge in [-0.2, -0.15) is 11.8 Å². The summed E-state index contributed by atoms with van der Waals surface area (Å²) in [6.07, 6.45) is 4.26. The molecule has 11 heavy (non-hydrogen) atoms. The van der Waals surface area contributed by atoms with Gasteiger partial charge in [0.2, 0.25) is 0 Å². The van der Waals surface area contributed by atoms with E-state index in [0.29, 0.717) is 0 Å². The molecule has 0 aliphatic rings. The molecular formula is C8H14O2S. The Morgan fingerprint density at radius 3 is 2.82 bits per heavy atom. The van der Waals surface area contributed by atoms with Gasteiger partial charge in [0.15, 0.2) is 0 Å². The zero-order valence-electron chi connectivity index (χ0n) is 6.91. The van der Waals surface area contributed by atoms with E-state index < -0.39 is 5.97 Å². The van der Waals surface area contributed by atoms with Crippen molar-refractivity contribution in [3.63, 3.8) is 0 Å². The summed E-state index contributed by atoms with van der Waals surface area (Å²) in [5.41, 5.74) is 0. The summed E-state index contributed by atoms with van der Waals surface area (Å²) < 4.78 is 0. The third-order valence-corrected chi connectivity index (χ3v) is 2.30. The van der Waals surface area contributed by atoms with E-state index in [2.05, 4.69) is 0 Å². The Morgan fingerprint density at radius 1 is 1.73 bits per heavy atom. The summed E-state index contributed by atoms with van der Waals surface area (Å²) in [7, 11) is 0. The van der Waals surface area contributed by atoms with Crippen LogP contribution in [0.25, 0.3) is 0 Å². The molecule has 0 fully saturated rings. The van der Waals surface area contributed by atoms with Gasteiger partial charge >= 0.3 is 5.97 Å². The quantitative estimate of drug-likeness (QED) is 0.649. The van der Waals surface area contributed by atoms with Crippen LogP contribution in [0.15, 0.2) is 12.2 Å². The monoisotopic (exact) mass is 174 g/mol. The Kier molecular flexibility index (Phi) is 6.03. The predicted octanol–water partition coefficient (Wildman–Crippen LogP) is 2.16. The summed E-state index contributed by atoms with van der Waals surface area (Å²) in [5, 5.41) is 8.62. The van der Waals surface area contributed by atoms with Gasteiger partial charge in [0.05, 0.1) is 6.42 Å². The van der Waals surface area contributed by atoms with Crippen LogP contribution < -0.4 is 0 Å². The number of hydrogen-bond donors (Lipinski definition) is 1. The highest BCUT2D eigenvalue weighted by atomic mass is 32.2. The molecule has 0 amide bonds. The van der Waals surface area contributed by atoms with Gasteiger partial charge in [0.1, 0.15) is 0 Å². The van der Waals surface area contributed by atoms with E-state index in [1.54, 1.807) is 11.8 Å². The lowest BCUT2D eigenvalue weighted by atomic mass is 10.3. The highest BCUT2D eigenvalue weighted by molar-refractivity contribution is 8.00. The van der Waals surface area contributed by atoms with Crippen LogP contribution in [0.1, 0.15) is 20.3 Å². The van der Waals surface area contributed by atoms with Gasteiger partial charge in [0.25, 0.3) is 0 Å². The minimum atomic E-state index is -0.717. The average molecular weight is 174 g/mol. The van der Waals surface area contributed by atoms with Crippen LogP contribution in [0.2, 0.25) is 0 Å². The predicted molar refractivity (Wildman–Crippen MR) is 49.0 cm³/mol. The second-order valence-electron chi connectivity index (χ2n) is 2.31. The first kappa shape index (κ1) is 10.6. The van der Waals surface area contributed by atoms with E-state index in [1.165, 1.54) is 0 Å². The first-order chi connectivity index (χ1) is 5.16. The average Bonchev–Trinajstić information content (AvgIpc) is 1.86. The Bertz CT molecular complexity index is 143. The van der Waals surface area contributed by atoms with E-state index in [9.17, 15) is 4.79 Å². The van der Waals surface area contributed by atoms with E-state index in [0.717, 1.165) is 5.75 Å². The zero-order valence-corrected chi connectivity index (χ0v) is 7.73. The second kappa shape index (κ2) is 6.28. The number of aliphatic carboxylic acids is 1. The smallest absolute Gasteiger partial charge is 0.304 e. The van der Waals surface area contributed by atoms with Crippen LogP contribution in [0.5, 0.6) is 0 Å². The van der Waals surface area contributed by atoms with Gasteiger partial charge in [-0.1, -0.05) is 19.1 Å². The van der Waals surface area contributed by atoms with Gasteiger partial charge in [0, 0.05) is 11.0 Å². The van der Waals surface area contributed by atoms with Gasteiger partial charge in [-0.3, -0.25) is 4.79 Å². The van der Waals surface area contributed by atoms with E-state index >= 15 is 0 Å². The molecule has 0 saturated heterocycles. The Hall–Kier alpha value is -0.440. The maximum absolute atomic E-state index is 10.2. The number of thioether (sulfide) groups is 1. The lowest BCUT2D eigenvalue weighted by molar-refractivity contribution is -0.136. The molecule has 0 rings (SSSR count). The van der Waals surface area contributed by atoms with E-state index in [-0.39, 0.29) is 11.7 Å². The molecule has 0 radical (unpaired) electrons. The summed E-state index contributed by atoms with van der Waals surface area (Å²) in [6.45, 7) is 3.89. The molecule has 0 aromatic carbocycles. The topological polar surface area (TPSA) is 37.3 Å². The first-order valence-electron chi connectivity index (χ1n) is 3.61. The number of carboxylic acid groups (broad SMARTS) is 1. The van der Waals surface area contributed by atoms with Crippen molar-refractivity contribution in [2.75, 3.05) is 5.75 Å². The zero-order chi connectivity index (χ0) is 8.69. The molecule has 3 heteroatoms. The van der Waals surface area contributed by atoms with Crippen molar-refractivity contribution in [2.24, 2.45) is 0 Å². The van der Waals surface area contributed by atoms with Crippen molar-refractivity contribution in [1.29, 1.82) is 0 Å². The number of carbonyl (C=O) groups is 1. The minimum absolute atomic E-state index is 0.212. The molecule has 0 bridgehead atoms. The highest BCUT2D eigenvalue weighted by Crippen LogP contribution is 2.13. The van der Waals surface area contributed by atoms with Gasteiger partial charge in [-0.05, 0) is 6.92 Å². The van der Waals surface area contributed by atoms with Crippen molar-refractivity contribution < 1.29 is 9.90 Å². The van der Waals surface area contributed by atoms with Crippen LogP contribution in [-0.4, -0.2) is 22.1 Å². The molecule has 0 spiro atoms.